The third kappa shape index (κ3) is 5.88. The molecule has 7 heteroatoms. The second kappa shape index (κ2) is 8.93. The van der Waals surface area contributed by atoms with Crippen molar-refractivity contribution >= 4 is 27.7 Å². The molecule has 0 radical (unpaired) electrons. The predicted octanol–water partition coefficient (Wildman–Crippen LogP) is 3.56. The lowest BCUT2D eigenvalue weighted by molar-refractivity contribution is -0.136. The van der Waals surface area contributed by atoms with Gasteiger partial charge in [0.15, 0.2) is 0 Å². The molecule has 5 nitrogen and oxygen atoms in total. The van der Waals surface area contributed by atoms with Gasteiger partial charge in [-0.3, -0.25) is 0 Å². The van der Waals surface area contributed by atoms with Crippen LogP contribution < -0.4 is 0 Å². The van der Waals surface area contributed by atoms with Gasteiger partial charge in [0.1, 0.15) is 10.7 Å². The number of methoxy groups -OCH3 is 1. The number of alkyl halides is 1. The summed E-state index contributed by atoms with van der Waals surface area (Å²) in [4.78, 5) is 11.7. The van der Waals surface area contributed by atoms with Gasteiger partial charge in [0, 0.05) is 12.3 Å². The smallest absolute Gasteiger partial charge is 0.338 e. The molecule has 23 heavy (non-hydrogen) atoms. The van der Waals surface area contributed by atoms with Crippen LogP contribution in [0.2, 0.25) is 0 Å². The quantitative estimate of drug-likeness (QED) is 0.177. The molecule has 0 saturated heterocycles. The maximum absolute atomic E-state index is 12.4. The predicted molar refractivity (Wildman–Crippen MR) is 88.7 cm³/mol. The summed E-state index contributed by atoms with van der Waals surface area (Å²) in [5, 5.41) is 0. The van der Waals surface area contributed by atoms with E-state index in [9.17, 15) is 13.2 Å². The maximum Gasteiger partial charge on any atom is 0.338 e. The summed E-state index contributed by atoms with van der Waals surface area (Å²) in [5.41, 5.74) is 1.07. The number of benzene rings is 1. The van der Waals surface area contributed by atoms with E-state index in [1.54, 1.807) is 12.1 Å². The lowest BCUT2D eigenvalue weighted by atomic mass is 10.1. The molecule has 0 unspecified atom stereocenters. The van der Waals surface area contributed by atoms with Crippen LogP contribution >= 0.6 is 11.6 Å². The summed E-state index contributed by atoms with van der Waals surface area (Å²) in [7, 11) is -2.77. The summed E-state index contributed by atoms with van der Waals surface area (Å²) in [6.45, 7) is 3.34. The fourth-order valence-electron chi connectivity index (χ4n) is 1.82. The number of unbranched alkanes of at least 4 members (excludes halogenated alkanes) is 1. The minimum Gasteiger partial charge on any atom is -0.466 e. The number of esters is 1. The van der Waals surface area contributed by atoms with Crippen LogP contribution in [0.3, 0.4) is 0 Å². The Labute approximate surface area is 142 Å². The number of halogens is 1. The van der Waals surface area contributed by atoms with Crippen molar-refractivity contribution in [2.24, 2.45) is 0 Å². The first-order valence-corrected chi connectivity index (χ1v) is 9.11. The normalized spacial score (nSPS) is 12.5. The number of carbonyl (C=O) groups excluding carboxylic acids is 1. The molecule has 0 spiro atoms. The van der Waals surface area contributed by atoms with E-state index in [0.29, 0.717) is 25.1 Å². The third-order valence-corrected chi connectivity index (χ3v) is 4.75. The molecule has 0 aliphatic rings. The van der Waals surface area contributed by atoms with Crippen LogP contribution in [0.25, 0.3) is 0 Å². The summed E-state index contributed by atoms with van der Waals surface area (Å²) in [6.07, 6.45) is 1.59. The average Bonchev–Trinajstić information content (AvgIpc) is 2.53. The van der Waals surface area contributed by atoms with Crippen molar-refractivity contribution in [2.75, 3.05) is 13.0 Å². The molecule has 128 valence electrons. The van der Waals surface area contributed by atoms with Gasteiger partial charge in [-0.15, -0.1) is 11.6 Å². The Morgan fingerprint density at radius 2 is 1.78 bits per heavy atom. The van der Waals surface area contributed by atoms with E-state index in [1.807, 2.05) is 6.92 Å². The highest BCUT2D eigenvalue weighted by atomic mass is 35.5. The van der Waals surface area contributed by atoms with E-state index in [0.717, 1.165) is 5.56 Å². The highest BCUT2D eigenvalue weighted by molar-refractivity contribution is 7.86. The van der Waals surface area contributed by atoms with Gasteiger partial charge in [0.2, 0.25) is 0 Å². The number of ether oxygens (including phenoxy) is 1. The number of rotatable bonds is 8. The molecule has 0 aromatic heterocycles. The van der Waals surface area contributed by atoms with Crippen LogP contribution in [0.5, 0.6) is 0 Å². The number of carbonyl (C=O) groups is 1. The van der Waals surface area contributed by atoms with E-state index in [-0.39, 0.29) is 16.2 Å². The second-order valence-corrected chi connectivity index (χ2v) is 6.96. The van der Waals surface area contributed by atoms with Gasteiger partial charge in [-0.05, 0) is 38.8 Å². The molecule has 0 heterocycles. The Hall–Kier alpha value is -1.53. The zero-order chi connectivity index (χ0) is 17.5. The lowest BCUT2D eigenvalue weighted by Gasteiger charge is -2.13. The molecule has 1 aromatic carbocycles. The number of hydrogen-bond donors (Lipinski definition) is 0. The molecule has 0 saturated carbocycles. The number of aryl methyl sites for hydroxylation is 1. The van der Waals surface area contributed by atoms with Crippen molar-refractivity contribution in [3.8, 4) is 0 Å². The molecular formula is C16H21ClO5S. The molecule has 1 rings (SSSR count). The van der Waals surface area contributed by atoms with Gasteiger partial charge in [0.25, 0.3) is 0 Å². The summed E-state index contributed by atoms with van der Waals surface area (Å²) >= 11 is 5.63. The zero-order valence-corrected chi connectivity index (χ0v) is 15.0. The molecule has 0 atom stereocenters. The van der Waals surface area contributed by atoms with Crippen molar-refractivity contribution in [3.05, 3.63) is 41.2 Å². The minimum absolute atomic E-state index is 0.0376. The van der Waals surface area contributed by atoms with E-state index >= 15 is 0 Å². The molecule has 0 aliphatic heterocycles. The van der Waals surface area contributed by atoms with Gasteiger partial charge in [-0.2, -0.15) is 8.42 Å². The maximum atomic E-state index is 12.4. The molecule has 0 aliphatic carbocycles. The standard InChI is InChI=1S/C16H21ClO5S/c1-12-7-9-14(10-8-12)23(19,20)22-15(6-4-5-11-17)13(2)16(18)21-3/h7-10H,4-6,11H2,1-3H3/b15-13-. The molecule has 1 aromatic rings. The Kier molecular flexibility index (Phi) is 7.58. The number of allylic oxidation sites excluding steroid dienone is 1. The topological polar surface area (TPSA) is 69.7 Å². The SMILES string of the molecule is COC(=O)/C(C)=C(/CCCCCl)OS(=O)(=O)c1ccc(C)cc1. The monoisotopic (exact) mass is 360 g/mol. The van der Waals surface area contributed by atoms with E-state index < -0.39 is 16.1 Å². The molecule has 0 fully saturated rings. The minimum atomic E-state index is -4.00. The molecule has 0 amide bonds. The van der Waals surface area contributed by atoms with Gasteiger partial charge in [-0.25, -0.2) is 4.79 Å². The molecular weight excluding hydrogens is 340 g/mol. The lowest BCUT2D eigenvalue weighted by Crippen LogP contribution is -2.12. The molecule has 0 bridgehead atoms. The Morgan fingerprint density at radius 1 is 1.17 bits per heavy atom. The highest BCUT2D eigenvalue weighted by Crippen LogP contribution is 2.23. The highest BCUT2D eigenvalue weighted by Gasteiger charge is 2.21. The van der Waals surface area contributed by atoms with Gasteiger partial charge >= 0.3 is 16.1 Å². The van der Waals surface area contributed by atoms with E-state index in [4.69, 9.17) is 15.8 Å². The summed E-state index contributed by atoms with van der Waals surface area (Å²) < 4.78 is 34.6. The Balaban J connectivity index is 3.08. The Bertz CT molecular complexity index is 662. The largest absolute Gasteiger partial charge is 0.466 e. The third-order valence-electron chi connectivity index (χ3n) is 3.22. The van der Waals surface area contributed by atoms with Crippen LogP contribution in [0.4, 0.5) is 0 Å². The Morgan fingerprint density at radius 3 is 2.30 bits per heavy atom. The van der Waals surface area contributed by atoms with E-state index in [2.05, 4.69) is 4.74 Å². The first-order valence-electron chi connectivity index (χ1n) is 7.17. The summed E-state index contributed by atoms with van der Waals surface area (Å²) in [6, 6.07) is 6.30. The van der Waals surface area contributed by atoms with Crippen molar-refractivity contribution in [1.82, 2.24) is 0 Å². The van der Waals surface area contributed by atoms with Gasteiger partial charge in [0.05, 0.1) is 12.7 Å². The van der Waals surface area contributed by atoms with Gasteiger partial charge < -0.3 is 8.92 Å². The number of hydrogen-bond acceptors (Lipinski definition) is 5. The van der Waals surface area contributed by atoms with Crippen LogP contribution in [-0.2, 0) is 23.8 Å². The van der Waals surface area contributed by atoms with Crippen LogP contribution in [0.15, 0.2) is 40.5 Å². The average molecular weight is 361 g/mol. The van der Waals surface area contributed by atoms with Gasteiger partial charge in [-0.1, -0.05) is 17.7 Å². The second-order valence-electron chi connectivity index (χ2n) is 5.04. The van der Waals surface area contributed by atoms with Crippen molar-refractivity contribution < 1.29 is 22.1 Å². The first kappa shape index (κ1) is 19.5. The van der Waals surface area contributed by atoms with Crippen LogP contribution in [-0.4, -0.2) is 27.4 Å². The van der Waals surface area contributed by atoms with Crippen molar-refractivity contribution in [3.63, 3.8) is 0 Å². The van der Waals surface area contributed by atoms with Crippen LogP contribution in [0, 0.1) is 6.92 Å². The molecule has 0 N–H and O–H groups in total. The van der Waals surface area contributed by atoms with Crippen LogP contribution in [0.1, 0.15) is 31.7 Å². The van der Waals surface area contributed by atoms with E-state index in [1.165, 1.54) is 26.2 Å². The van der Waals surface area contributed by atoms with Crippen molar-refractivity contribution in [1.29, 1.82) is 0 Å². The van der Waals surface area contributed by atoms with Crippen molar-refractivity contribution in [2.45, 2.75) is 38.0 Å². The fraction of sp³-hybridized carbons (Fsp3) is 0.438. The zero-order valence-electron chi connectivity index (χ0n) is 13.5. The summed E-state index contributed by atoms with van der Waals surface area (Å²) in [5.74, 6) is -0.0811. The first-order chi connectivity index (χ1) is 10.8. The fourth-order valence-corrected chi connectivity index (χ4v) is 3.05.